The summed E-state index contributed by atoms with van der Waals surface area (Å²) in [5.74, 6) is -1.90. The average molecular weight is 381 g/mol. The van der Waals surface area contributed by atoms with E-state index in [0.29, 0.717) is 16.5 Å². The van der Waals surface area contributed by atoms with E-state index in [2.05, 4.69) is 10.6 Å². The molecule has 0 bridgehead atoms. The van der Waals surface area contributed by atoms with Gasteiger partial charge in [-0.25, -0.2) is 4.79 Å². The number of aromatic hydroxyl groups is 1. The number of benzene rings is 2. The standard InChI is InChI=1S/C16H13ClN2O5S/c1-24-13-5-2-8(17)6-11(13)14(21)19-16(25)18-9-3-4-12(20)10(7-9)15(22)23/h2-7,20H,1H3,(H,22,23)(H2,18,19,21,25). The third kappa shape index (κ3) is 4.59. The average Bonchev–Trinajstić information content (AvgIpc) is 2.56. The number of phenols is 1. The molecule has 25 heavy (non-hydrogen) atoms. The van der Waals surface area contributed by atoms with Crippen molar-refractivity contribution in [2.45, 2.75) is 0 Å². The van der Waals surface area contributed by atoms with Crippen molar-refractivity contribution in [1.29, 1.82) is 0 Å². The summed E-state index contributed by atoms with van der Waals surface area (Å²) in [5.41, 5.74) is 0.185. The predicted molar refractivity (Wildman–Crippen MR) is 96.8 cm³/mol. The van der Waals surface area contributed by atoms with Gasteiger partial charge in [-0.3, -0.25) is 10.1 Å². The molecule has 2 aromatic carbocycles. The fourth-order valence-electron chi connectivity index (χ4n) is 1.98. The number of thiocarbonyl (C=S) groups is 1. The van der Waals surface area contributed by atoms with Crippen LogP contribution in [0.25, 0.3) is 0 Å². The number of carbonyl (C=O) groups excluding carboxylic acids is 1. The summed E-state index contributed by atoms with van der Waals surface area (Å²) in [7, 11) is 1.42. The molecule has 1 amide bonds. The number of rotatable bonds is 4. The Balaban J connectivity index is 2.13. The van der Waals surface area contributed by atoms with Crippen molar-refractivity contribution < 1.29 is 24.5 Å². The number of carboxylic acid groups (broad SMARTS) is 1. The first-order chi connectivity index (χ1) is 11.8. The summed E-state index contributed by atoms with van der Waals surface area (Å²) in [4.78, 5) is 23.3. The van der Waals surface area contributed by atoms with Crippen LogP contribution in [0.1, 0.15) is 20.7 Å². The highest BCUT2D eigenvalue weighted by Crippen LogP contribution is 2.23. The molecule has 130 valence electrons. The fourth-order valence-corrected chi connectivity index (χ4v) is 2.36. The Hall–Kier alpha value is -2.84. The second kappa shape index (κ2) is 7.82. The Bertz CT molecular complexity index is 856. The molecule has 0 aliphatic rings. The van der Waals surface area contributed by atoms with E-state index in [1.807, 2.05) is 0 Å². The number of carbonyl (C=O) groups is 2. The Morgan fingerprint density at radius 3 is 2.52 bits per heavy atom. The zero-order valence-corrected chi connectivity index (χ0v) is 14.4. The molecule has 0 heterocycles. The smallest absolute Gasteiger partial charge is 0.339 e. The minimum atomic E-state index is -1.29. The number of methoxy groups -OCH3 is 1. The van der Waals surface area contributed by atoms with Gasteiger partial charge in [-0.1, -0.05) is 11.6 Å². The number of halogens is 1. The summed E-state index contributed by atoms with van der Waals surface area (Å²) in [6.07, 6.45) is 0. The van der Waals surface area contributed by atoms with Gasteiger partial charge in [0.15, 0.2) is 5.11 Å². The molecule has 0 atom stereocenters. The van der Waals surface area contributed by atoms with E-state index in [-0.39, 0.29) is 22.0 Å². The number of nitrogens with one attached hydrogen (secondary N) is 2. The first kappa shape index (κ1) is 18.5. The Labute approximate surface area is 153 Å². The molecule has 0 saturated heterocycles. The van der Waals surface area contributed by atoms with Gasteiger partial charge >= 0.3 is 5.97 Å². The van der Waals surface area contributed by atoms with Gasteiger partial charge in [0.05, 0.1) is 12.7 Å². The van der Waals surface area contributed by atoms with Gasteiger partial charge < -0.3 is 20.3 Å². The highest BCUT2D eigenvalue weighted by atomic mass is 35.5. The molecule has 0 fully saturated rings. The molecule has 0 aliphatic heterocycles. The molecule has 2 rings (SSSR count). The maximum atomic E-state index is 12.3. The molecule has 0 spiro atoms. The fraction of sp³-hybridized carbons (Fsp3) is 0.0625. The lowest BCUT2D eigenvalue weighted by Gasteiger charge is -2.12. The number of anilines is 1. The minimum absolute atomic E-state index is 0.0611. The van der Waals surface area contributed by atoms with Gasteiger partial charge in [0.2, 0.25) is 0 Å². The van der Waals surface area contributed by atoms with Crippen LogP contribution in [0.5, 0.6) is 11.5 Å². The predicted octanol–water partition coefficient (Wildman–Crippen LogP) is 2.88. The molecule has 4 N–H and O–H groups in total. The van der Waals surface area contributed by atoms with Crippen molar-refractivity contribution in [3.63, 3.8) is 0 Å². The molecule has 0 saturated carbocycles. The van der Waals surface area contributed by atoms with Crippen LogP contribution >= 0.6 is 23.8 Å². The van der Waals surface area contributed by atoms with Crippen LogP contribution in [0.4, 0.5) is 5.69 Å². The molecule has 0 unspecified atom stereocenters. The molecule has 0 aliphatic carbocycles. The van der Waals surface area contributed by atoms with Crippen LogP contribution in [-0.2, 0) is 0 Å². The Morgan fingerprint density at radius 2 is 1.88 bits per heavy atom. The van der Waals surface area contributed by atoms with E-state index in [9.17, 15) is 14.7 Å². The summed E-state index contributed by atoms with van der Waals surface area (Å²) < 4.78 is 5.10. The lowest BCUT2D eigenvalue weighted by Crippen LogP contribution is -2.34. The molecule has 0 aromatic heterocycles. The van der Waals surface area contributed by atoms with Crippen LogP contribution in [0, 0.1) is 0 Å². The summed E-state index contributed by atoms with van der Waals surface area (Å²) in [6.45, 7) is 0. The number of hydrogen-bond acceptors (Lipinski definition) is 5. The highest BCUT2D eigenvalue weighted by Gasteiger charge is 2.15. The number of aromatic carboxylic acids is 1. The van der Waals surface area contributed by atoms with E-state index in [1.165, 1.54) is 31.4 Å². The second-order valence-corrected chi connectivity index (χ2v) is 5.63. The van der Waals surface area contributed by atoms with Gasteiger partial charge in [-0.2, -0.15) is 0 Å². The molecule has 9 heteroatoms. The number of ether oxygens (including phenoxy) is 1. The summed E-state index contributed by atoms with van der Waals surface area (Å²) >= 11 is 10.9. The maximum Gasteiger partial charge on any atom is 0.339 e. The topological polar surface area (TPSA) is 108 Å². The van der Waals surface area contributed by atoms with Crippen molar-refractivity contribution in [2.75, 3.05) is 12.4 Å². The zero-order chi connectivity index (χ0) is 18.6. The van der Waals surface area contributed by atoms with Crippen molar-refractivity contribution >= 4 is 46.5 Å². The lowest BCUT2D eigenvalue weighted by atomic mass is 10.2. The van der Waals surface area contributed by atoms with Crippen molar-refractivity contribution in [2.24, 2.45) is 0 Å². The third-order valence-corrected chi connectivity index (χ3v) is 3.56. The van der Waals surface area contributed by atoms with Crippen LogP contribution in [0.3, 0.4) is 0 Å². The van der Waals surface area contributed by atoms with E-state index >= 15 is 0 Å². The van der Waals surface area contributed by atoms with Gasteiger partial charge in [0.25, 0.3) is 5.91 Å². The molecular formula is C16H13ClN2O5S. The SMILES string of the molecule is COc1ccc(Cl)cc1C(=O)NC(=S)Nc1ccc(O)c(C(=O)O)c1. The van der Waals surface area contributed by atoms with Crippen LogP contribution in [0.2, 0.25) is 5.02 Å². The maximum absolute atomic E-state index is 12.3. The first-order valence-electron chi connectivity index (χ1n) is 6.84. The van der Waals surface area contributed by atoms with E-state index < -0.39 is 11.9 Å². The molecule has 0 radical (unpaired) electrons. The number of amides is 1. The number of carboxylic acids is 1. The van der Waals surface area contributed by atoms with Gasteiger partial charge in [0, 0.05) is 10.7 Å². The van der Waals surface area contributed by atoms with Crippen LogP contribution < -0.4 is 15.4 Å². The quantitative estimate of drug-likeness (QED) is 0.477. The summed E-state index contributed by atoms with van der Waals surface area (Å²) in [5, 5.41) is 23.9. The largest absolute Gasteiger partial charge is 0.507 e. The second-order valence-electron chi connectivity index (χ2n) is 4.79. The Morgan fingerprint density at radius 1 is 1.16 bits per heavy atom. The van der Waals surface area contributed by atoms with Gasteiger partial charge in [0.1, 0.15) is 17.1 Å². The van der Waals surface area contributed by atoms with Crippen molar-refractivity contribution in [3.8, 4) is 11.5 Å². The minimum Gasteiger partial charge on any atom is -0.507 e. The molecule has 2 aromatic rings. The van der Waals surface area contributed by atoms with Crippen LogP contribution in [0.15, 0.2) is 36.4 Å². The molecular weight excluding hydrogens is 368 g/mol. The number of hydrogen-bond donors (Lipinski definition) is 4. The third-order valence-electron chi connectivity index (χ3n) is 3.12. The highest BCUT2D eigenvalue weighted by molar-refractivity contribution is 7.80. The first-order valence-corrected chi connectivity index (χ1v) is 7.62. The van der Waals surface area contributed by atoms with E-state index in [4.69, 9.17) is 33.7 Å². The van der Waals surface area contributed by atoms with Crippen molar-refractivity contribution in [1.82, 2.24) is 5.32 Å². The molecule has 7 nitrogen and oxygen atoms in total. The van der Waals surface area contributed by atoms with E-state index in [0.717, 1.165) is 0 Å². The Kier molecular flexibility index (Phi) is 5.79. The lowest BCUT2D eigenvalue weighted by molar-refractivity contribution is 0.0693. The zero-order valence-electron chi connectivity index (χ0n) is 12.9. The van der Waals surface area contributed by atoms with Gasteiger partial charge in [-0.05, 0) is 48.6 Å². The monoisotopic (exact) mass is 380 g/mol. The van der Waals surface area contributed by atoms with Gasteiger partial charge in [-0.15, -0.1) is 0 Å². The van der Waals surface area contributed by atoms with Crippen molar-refractivity contribution in [3.05, 3.63) is 52.5 Å². The normalized spacial score (nSPS) is 10.0. The van der Waals surface area contributed by atoms with E-state index in [1.54, 1.807) is 12.1 Å². The summed E-state index contributed by atoms with van der Waals surface area (Å²) in [6, 6.07) is 8.37. The van der Waals surface area contributed by atoms with Crippen LogP contribution in [-0.4, -0.2) is 34.3 Å².